The zero-order chi connectivity index (χ0) is 30.2. The number of allylic oxidation sites excluding steroid dienone is 5. The van der Waals surface area contributed by atoms with Crippen molar-refractivity contribution in [2.75, 3.05) is 5.73 Å². The van der Waals surface area contributed by atoms with Gasteiger partial charge in [0.1, 0.15) is 22.5 Å². The molecule has 0 saturated carbocycles. The van der Waals surface area contributed by atoms with Crippen molar-refractivity contribution in [2.24, 2.45) is 10.9 Å². The van der Waals surface area contributed by atoms with Crippen LogP contribution in [0.3, 0.4) is 0 Å². The monoisotopic (exact) mass is 569 g/mol. The molecular weight excluding hydrogens is 532 g/mol. The van der Waals surface area contributed by atoms with E-state index in [2.05, 4.69) is 11.1 Å². The summed E-state index contributed by atoms with van der Waals surface area (Å²) < 4.78 is 19.6. The molecule has 0 fully saturated rings. The summed E-state index contributed by atoms with van der Waals surface area (Å²) in [6, 6.07) is 13.5. The highest BCUT2D eigenvalue weighted by molar-refractivity contribution is 5.92. The number of rotatable bonds is 4. The van der Waals surface area contributed by atoms with Crippen molar-refractivity contribution in [3.8, 4) is 0 Å². The van der Waals surface area contributed by atoms with Crippen LogP contribution < -0.4 is 10.3 Å². The molecule has 1 aromatic carbocycles. The SMILES string of the molecule is CC(C)(C)OC(=O)N(C(=O)OC(C)(C)C)C1=C2C=CC(C[n+]3ccc(N)cc3)=CC2C(c2cc3ccccc3o2)C=N1. The predicted molar refractivity (Wildman–Crippen MR) is 161 cm³/mol. The van der Waals surface area contributed by atoms with Gasteiger partial charge in [0.15, 0.2) is 24.8 Å². The lowest BCUT2D eigenvalue weighted by Crippen LogP contribution is -2.44. The number of nitrogen functional groups attached to an aromatic ring is 1. The Labute approximate surface area is 245 Å². The van der Waals surface area contributed by atoms with Gasteiger partial charge in [0.25, 0.3) is 0 Å². The summed E-state index contributed by atoms with van der Waals surface area (Å²) in [7, 11) is 0. The Hall–Kier alpha value is -4.66. The van der Waals surface area contributed by atoms with Crippen LogP contribution in [-0.4, -0.2) is 34.5 Å². The van der Waals surface area contributed by atoms with E-state index >= 15 is 0 Å². The van der Waals surface area contributed by atoms with E-state index in [4.69, 9.17) is 19.6 Å². The Kier molecular flexibility index (Phi) is 7.53. The fourth-order valence-electron chi connectivity index (χ4n) is 4.88. The third kappa shape index (κ3) is 6.46. The summed E-state index contributed by atoms with van der Waals surface area (Å²) in [5, 5.41) is 0.981. The summed E-state index contributed by atoms with van der Waals surface area (Å²) in [5.41, 5.74) is 7.36. The third-order valence-corrected chi connectivity index (χ3v) is 6.65. The molecule has 2 amide bonds. The lowest BCUT2D eigenvalue weighted by atomic mass is 9.78. The number of carbonyl (C=O) groups is 2. The number of aliphatic imine (C=N–C) groups is 1. The summed E-state index contributed by atoms with van der Waals surface area (Å²) >= 11 is 0. The first-order valence-corrected chi connectivity index (χ1v) is 13.9. The van der Waals surface area contributed by atoms with E-state index in [0.717, 1.165) is 27.2 Å². The lowest BCUT2D eigenvalue weighted by Gasteiger charge is -2.34. The quantitative estimate of drug-likeness (QED) is 0.352. The van der Waals surface area contributed by atoms with Gasteiger partial charge in [-0.25, -0.2) is 19.1 Å². The number of nitrogens with two attached hydrogens (primary N) is 1. The second kappa shape index (κ2) is 11.0. The summed E-state index contributed by atoms with van der Waals surface area (Å²) in [6.07, 6.45) is 9.85. The molecule has 0 radical (unpaired) electrons. The second-order valence-corrected chi connectivity index (χ2v) is 12.5. The molecule has 3 aromatic rings. The fraction of sp³-hybridized carbons (Fsp3) is 0.333. The number of fused-ring (bicyclic) bond motifs is 2. The van der Waals surface area contributed by atoms with Gasteiger partial charge in [-0.3, -0.25) is 0 Å². The van der Waals surface area contributed by atoms with Gasteiger partial charge in [0.05, 0.1) is 5.92 Å². The fourth-order valence-corrected chi connectivity index (χ4v) is 4.88. The third-order valence-electron chi connectivity index (χ3n) is 6.65. The van der Waals surface area contributed by atoms with Crippen LogP contribution in [0.1, 0.15) is 53.2 Å². The van der Waals surface area contributed by atoms with Gasteiger partial charge >= 0.3 is 12.2 Å². The molecule has 2 unspecified atom stereocenters. The molecule has 9 nitrogen and oxygen atoms in total. The summed E-state index contributed by atoms with van der Waals surface area (Å²) in [4.78, 5) is 32.5. The number of nitrogens with zero attached hydrogens (tertiary/aromatic N) is 3. The van der Waals surface area contributed by atoms with E-state index < -0.39 is 23.4 Å². The number of furan rings is 1. The molecule has 1 aliphatic heterocycles. The molecule has 0 spiro atoms. The van der Waals surface area contributed by atoms with Crippen LogP contribution in [0.2, 0.25) is 0 Å². The van der Waals surface area contributed by atoms with E-state index in [0.29, 0.717) is 17.8 Å². The largest absolute Gasteiger partial charge is 0.460 e. The van der Waals surface area contributed by atoms with Crippen LogP contribution in [0.5, 0.6) is 0 Å². The van der Waals surface area contributed by atoms with Crippen molar-refractivity contribution in [1.82, 2.24) is 4.90 Å². The maximum Gasteiger partial charge on any atom is 0.425 e. The molecule has 3 heterocycles. The molecule has 9 heteroatoms. The number of ether oxygens (including phenoxy) is 2. The topological polar surface area (TPSA) is 111 Å². The Bertz CT molecular complexity index is 1570. The number of amides is 2. The molecule has 2 atom stereocenters. The number of pyridine rings is 1. The minimum atomic E-state index is -0.863. The Morgan fingerprint density at radius 3 is 2.21 bits per heavy atom. The maximum absolute atomic E-state index is 13.5. The van der Waals surface area contributed by atoms with Gasteiger partial charge in [0.2, 0.25) is 0 Å². The highest BCUT2D eigenvalue weighted by Crippen LogP contribution is 2.42. The van der Waals surface area contributed by atoms with Gasteiger partial charge in [-0.2, -0.15) is 4.90 Å². The number of anilines is 1. The van der Waals surface area contributed by atoms with E-state index in [1.165, 1.54) is 0 Å². The predicted octanol–water partition coefficient (Wildman–Crippen LogP) is 6.67. The van der Waals surface area contributed by atoms with Crippen molar-refractivity contribution in [3.63, 3.8) is 0 Å². The molecule has 0 bridgehead atoms. The average Bonchev–Trinajstić information content (AvgIpc) is 3.32. The Morgan fingerprint density at radius 1 is 0.952 bits per heavy atom. The normalized spacial score (nSPS) is 18.5. The number of hydrogen-bond donors (Lipinski definition) is 1. The molecule has 42 heavy (non-hydrogen) atoms. The molecule has 218 valence electrons. The van der Waals surface area contributed by atoms with Crippen molar-refractivity contribution in [2.45, 2.75) is 65.2 Å². The highest BCUT2D eigenvalue weighted by Gasteiger charge is 2.40. The van der Waals surface area contributed by atoms with E-state index in [-0.39, 0.29) is 17.7 Å². The number of para-hydroxylation sites is 1. The van der Waals surface area contributed by atoms with E-state index in [1.54, 1.807) is 47.8 Å². The number of hydrogen-bond acceptors (Lipinski definition) is 7. The van der Waals surface area contributed by atoms with Gasteiger partial charge in [-0.15, -0.1) is 0 Å². The van der Waals surface area contributed by atoms with E-state index in [9.17, 15) is 9.59 Å². The first-order chi connectivity index (χ1) is 19.8. The van der Waals surface area contributed by atoms with Crippen LogP contribution in [0.4, 0.5) is 15.3 Å². The first-order valence-electron chi connectivity index (χ1n) is 13.9. The van der Waals surface area contributed by atoms with Gasteiger partial charge in [-0.05, 0) is 53.7 Å². The summed E-state index contributed by atoms with van der Waals surface area (Å²) in [5.74, 6) is 0.308. The van der Waals surface area contributed by atoms with Gasteiger partial charge in [0, 0.05) is 46.5 Å². The van der Waals surface area contributed by atoms with Crippen LogP contribution in [-0.2, 0) is 16.0 Å². The van der Waals surface area contributed by atoms with Gasteiger partial charge < -0.3 is 19.6 Å². The van der Waals surface area contributed by atoms with Crippen LogP contribution in [0.25, 0.3) is 11.0 Å². The molecule has 0 saturated heterocycles. The zero-order valence-corrected chi connectivity index (χ0v) is 24.8. The van der Waals surface area contributed by atoms with Crippen molar-refractivity contribution < 1.29 is 28.0 Å². The molecule has 5 rings (SSSR count). The number of aromatic nitrogens is 1. The van der Waals surface area contributed by atoms with E-state index in [1.807, 2.05) is 71.6 Å². The van der Waals surface area contributed by atoms with Crippen LogP contribution in [0.15, 0.2) is 99.5 Å². The Balaban J connectivity index is 1.59. The number of imide groups is 1. The molecule has 1 aliphatic carbocycles. The first kappa shape index (κ1) is 28.9. The number of carbonyl (C=O) groups excluding carboxylic acids is 2. The van der Waals surface area contributed by atoms with Crippen molar-refractivity contribution >= 4 is 35.1 Å². The average molecular weight is 570 g/mol. The smallest absolute Gasteiger partial charge is 0.425 e. The second-order valence-electron chi connectivity index (χ2n) is 12.5. The Morgan fingerprint density at radius 2 is 1.60 bits per heavy atom. The van der Waals surface area contributed by atoms with Crippen LogP contribution >= 0.6 is 0 Å². The van der Waals surface area contributed by atoms with Crippen molar-refractivity contribution in [1.29, 1.82) is 0 Å². The molecule has 2 aromatic heterocycles. The zero-order valence-electron chi connectivity index (χ0n) is 24.8. The molecular formula is C33H37N4O5+. The number of benzene rings is 1. The minimum absolute atomic E-state index is 0.155. The highest BCUT2D eigenvalue weighted by atomic mass is 16.6. The standard InChI is InChI=1S/C33H36N4O5/c1-32(2,3)41-30(38)37(31(39)42-33(4,5)6)29-24-12-11-21(20-36-15-13-23(34)14-16-36)17-25(24)26(19-35-29)28-18-22-9-7-8-10-27(22)40-28/h7-19,25-26,34H,20H2,1-6H3/p+1. The minimum Gasteiger partial charge on any atom is -0.460 e. The maximum atomic E-state index is 13.5. The summed E-state index contributed by atoms with van der Waals surface area (Å²) in [6.45, 7) is 11.0. The molecule has 2 N–H and O–H groups in total. The molecule has 2 aliphatic rings. The van der Waals surface area contributed by atoms with Crippen LogP contribution in [0, 0.1) is 5.92 Å². The lowest BCUT2D eigenvalue weighted by molar-refractivity contribution is -0.688. The van der Waals surface area contributed by atoms with Crippen molar-refractivity contribution in [3.05, 3.63) is 95.8 Å². The van der Waals surface area contributed by atoms with Gasteiger partial charge in [-0.1, -0.05) is 36.4 Å².